The second-order valence-corrected chi connectivity index (χ2v) is 4.91. The van der Waals surface area contributed by atoms with Crippen molar-refractivity contribution in [3.63, 3.8) is 0 Å². The average Bonchev–Trinajstić information content (AvgIpc) is 2.38. The molecule has 1 aromatic carbocycles. The van der Waals surface area contributed by atoms with Crippen molar-refractivity contribution in [3.8, 4) is 11.1 Å². The molecule has 0 amide bonds. The molecule has 0 saturated carbocycles. The summed E-state index contributed by atoms with van der Waals surface area (Å²) in [5, 5.41) is 0.804. The standard InChI is InChI=1S/C13H11BrO2S/c1-17-12-3-2-9(6-11(12)8-14)10-4-5-16-13(15)7-10/h2-7H,8H2,1H3. The predicted molar refractivity (Wildman–Crippen MR) is 74.8 cm³/mol. The first kappa shape index (κ1) is 12.5. The van der Waals surface area contributed by atoms with Gasteiger partial charge in [-0.2, -0.15) is 0 Å². The van der Waals surface area contributed by atoms with Gasteiger partial charge in [-0.05, 0) is 41.1 Å². The highest BCUT2D eigenvalue weighted by molar-refractivity contribution is 9.08. The Kier molecular flexibility index (Phi) is 4.07. The van der Waals surface area contributed by atoms with Crippen molar-refractivity contribution < 1.29 is 4.42 Å². The summed E-state index contributed by atoms with van der Waals surface area (Å²) in [5.41, 5.74) is 2.82. The third-order valence-electron chi connectivity index (χ3n) is 2.46. The van der Waals surface area contributed by atoms with Crippen LogP contribution in [0.1, 0.15) is 5.56 Å². The molecule has 4 heteroatoms. The third-order valence-corrected chi connectivity index (χ3v) is 3.91. The van der Waals surface area contributed by atoms with Crippen molar-refractivity contribution in [2.45, 2.75) is 10.2 Å². The normalized spacial score (nSPS) is 10.5. The van der Waals surface area contributed by atoms with Crippen LogP contribution in [-0.2, 0) is 5.33 Å². The maximum atomic E-state index is 11.2. The summed E-state index contributed by atoms with van der Waals surface area (Å²) >= 11 is 5.19. The van der Waals surface area contributed by atoms with Crippen LogP contribution in [0.4, 0.5) is 0 Å². The molecule has 2 rings (SSSR count). The van der Waals surface area contributed by atoms with E-state index in [1.165, 1.54) is 22.8 Å². The summed E-state index contributed by atoms with van der Waals surface area (Å²) in [7, 11) is 0. The van der Waals surface area contributed by atoms with E-state index in [0.29, 0.717) is 0 Å². The van der Waals surface area contributed by atoms with Crippen LogP contribution in [0.5, 0.6) is 0 Å². The van der Waals surface area contributed by atoms with E-state index in [0.717, 1.165) is 16.5 Å². The Hall–Kier alpha value is -1.00. The minimum absolute atomic E-state index is 0.322. The summed E-state index contributed by atoms with van der Waals surface area (Å²) in [5.74, 6) is 0. The lowest BCUT2D eigenvalue weighted by molar-refractivity contribution is 0.511. The van der Waals surface area contributed by atoms with Gasteiger partial charge in [-0.25, -0.2) is 4.79 Å². The summed E-state index contributed by atoms with van der Waals surface area (Å²) < 4.78 is 4.72. The van der Waals surface area contributed by atoms with Gasteiger partial charge >= 0.3 is 5.63 Å². The maximum absolute atomic E-state index is 11.2. The molecule has 2 nitrogen and oxygen atoms in total. The Morgan fingerprint density at radius 3 is 2.65 bits per heavy atom. The van der Waals surface area contributed by atoms with Gasteiger partial charge in [0.05, 0.1) is 6.26 Å². The molecule has 1 heterocycles. The SMILES string of the molecule is CSc1ccc(-c2ccoc(=O)c2)cc1CBr. The van der Waals surface area contributed by atoms with Crippen LogP contribution in [0, 0.1) is 0 Å². The van der Waals surface area contributed by atoms with Crippen molar-refractivity contribution in [2.75, 3.05) is 6.26 Å². The van der Waals surface area contributed by atoms with Gasteiger partial charge < -0.3 is 4.42 Å². The van der Waals surface area contributed by atoms with E-state index in [1.54, 1.807) is 17.8 Å². The molecule has 0 N–H and O–H groups in total. The average molecular weight is 311 g/mol. The number of alkyl halides is 1. The molecule has 0 aliphatic heterocycles. The predicted octanol–water partition coefficient (Wildman–Crippen LogP) is 3.92. The fourth-order valence-electron chi connectivity index (χ4n) is 1.63. The first-order chi connectivity index (χ1) is 8.24. The van der Waals surface area contributed by atoms with Crippen LogP contribution in [0.15, 0.2) is 50.7 Å². The number of benzene rings is 1. The van der Waals surface area contributed by atoms with E-state index in [-0.39, 0.29) is 5.63 Å². The molecule has 0 bridgehead atoms. The van der Waals surface area contributed by atoms with Crippen LogP contribution in [0.3, 0.4) is 0 Å². The molecule has 0 atom stereocenters. The molecule has 0 fully saturated rings. The van der Waals surface area contributed by atoms with Crippen LogP contribution >= 0.6 is 27.7 Å². The third kappa shape index (κ3) is 2.82. The topological polar surface area (TPSA) is 30.2 Å². The van der Waals surface area contributed by atoms with Crippen molar-refractivity contribution in [1.82, 2.24) is 0 Å². The van der Waals surface area contributed by atoms with Crippen LogP contribution in [-0.4, -0.2) is 6.26 Å². The van der Waals surface area contributed by atoms with Crippen molar-refractivity contribution in [1.29, 1.82) is 0 Å². The lowest BCUT2D eigenvalue weighted by Gasteiger charge is -2.07. The van der Waals surface area contributed by atoms with Crippen molar-refractivity contribution in [2.24, 2.45) is 0 Å². The Bertz CT molecular complexity index is 578. The monoisotopic (exact) mass is 310 g/mol. The van der Waals surface area contributed by atoms with Gasteiger partial charge in [0, 0.05) is 16.3 Å². The van der Waals surface area contributed by atoms with E-state index in [4.69, 9.17) is 4.42 Å². The van der Waals surface area contributed by atoms with E-state index in [2.05, 4.69) is 34.3 Å². The van der Waals surface area contributed by atoms with E-state index in [9.17, 15) is 4.79 Å². The lowest BCUT2D eigenvalue weighted by atomic mass is 10.1. The van der Waals surface area contributed by atoms with Gasteiger partial charge in [0.2, 0.25) is 0 Å². The Morgan fingerprint density at radius 2 is 2.00 bits per heavy atom. The van der Waals surface area contributed by atoms with Gasteiger partial charge in [-0.15, -0.1) is 11.8 Å². The first-order valence-electron chi connectivity index (χ1n) is 5.06. The molecule has 0 aliphatic rings. The first-order valence-corrected chi connectivity index (χ1v) is 7.41. The number of hydrogen-bond donors (Lipinski definition) is 0. The highest BCUT2D eigenvalue weighted by atomic mass is 79.9. The fraction of sp³-hybridized carbons (Fsp3) is 0.154. The molecule has 0 radical (unpaired) electrons. The molecule has 88 valence electrons. The quantitative estimate of drug-likeness (QED) is 0.635. The molecule has 0 aliphatic carbocycles. The van der Waals surface area contributed by atoms with Gasteiger partial charge in [0.15, 0.2) is 0 Å². The molecular weight excluding hydrogens is 300 g/mol. The van der Waals surface area contributed by atoms with Crippen molar-refractivity contribution >= 4 is 27.7 Å². The lowest BCUT2D eigenvalue weighted by Crippen LogP contribution is -1.95. The van der Waals surface area contributed by atoms with E-state index in [1.807, 2.05) is 6.07 Å². The van der Waals surface area contributed by atoms with Gasteiger partial charge in [0.1, 0.15) is 0 Å². The molecule has 17 heavy (non-hydrogen) atoms. The van der Waals surface area contributed by atoms with Gasteiger partial charge in [-0.3, -0.25) is 0 Å². The summed E-state index contributed by atoms with van der Waals surface area (Å²) in [4.78, 5) is 12.4. The number of rotatable bonds is 3. The summed E-state index contributed by atoms with van der Waals surface area (Å²) in [6, 6.07) is 9.49. The Labute approximate surface area is 112 Å². The Morgan fingerprint density at radius 1 is 1.24 bits per heavy atom. The summed E-state index contributed by atoms with van der Waals surface area (Å²) in [6.45, 7) is 0. The minimum atomic E-state index is -0.322. The maximum Gasteiger partial charge on any atom is 0.336 e. The minimum Gasteiger partial charge on any atom is -0.431 e. The number of thioether (sulfide) groups is 1. The van der Waals surface area contributed by atoms with Crippen molar-refractivity contribution in [3.05, 3.63) is 52.6 Å². The Balaban J connectivity index is 2.50. The van der Waals surface area contributed by atoms with E-state index < -0.39 is 0 Å². The summed E-state index contributed by atoms with van der Waals surface area (Å²) in [6.07, 6.45) is 3.48. The largest absolute Gasteiger partial charge is 0.431 e. The molecule has 0 saturated heterocycles. The zero-order valence-electron chi connectivity index (χ0n) is 9.27. The smallest absolute Gasteiger partial charge is 0.336 e. The molecular formula is C13H11BrO2S. The zero-order valence-corrected chi connectivity index (χ0v) is 11.7. The van der Waals surface area contributed by atoms with Crippen LogP contribution < -0.4 is 5.63 Å². The molecule has 2 aromatic rings. The second kappa shape index (κ2) is 5.56. The highest BCUT2D eigenvalue weighted by Gasteiger charge is 2.04. The number of halogens is 1. The van der Waals surface area contributed by atoms with Crippen LogP contribution in [0.25, 0.3) is 11.1 Å². The zero-order chi connectivity index (χ0) is 12.3. The van der Waals surface area contributed by atoms with Gasteiger partial charge in [0.25, 0.3) is 0 Å². The molecule has 0 spiro atoms. The fourth-order valence-corrected chi connectivity index (χ4v) is 2.87. The second-order valence-electron chi connectivity index (χ2n) is 3.50. The van der Waals surface area contributed by atoms with Crippen LogP contribution in [0.2, 0.25) is 0 Å². The molecule has 0 unspecified atom stereocenters. The highest BCUT2D eigenvalue weighted by Crippen LogP contribution is 2.28. The molecule has 1 aromatic heterocycles. The number of hydrogen-bond acceptors (Lipinski definition) is 3. The van der Waals surface area contributed by atoms with Gasteiger partial charge in [-0.1, -0.05) is 22.0 Å². The van der Waals surface area contributed by atoms with E-state index >= 15 is 0 Å².